The fourth-order valence-electron chi connectivity index (χ4n) is 3.51. The molecule has 1 amide bonds. The Kier molecular flexibility index (Phi) is 5.38. The number of amides is 1. The van der Waals surface area contributed by atoms with Crippen LogP contribution >= 0.6 is 11.8 Å². The van der Waals surface area contributed by atoms with E-state index < -0.39 is 0 Å². The van der Waals surface area contributed by atoms with E-state index in [1.165, 1.54) is 16.7 Å². The molecule has 1 aromatic rings. The first-order valence-electron chi connectivity index (χ1n) is 9.09. The second-order valence-electron chi connectivity index (χ2n) is 9.70. The van der Waals surface area contributed by atoms with E-state index in [0.29, 0.717) is 0 Å². The molecule has 1 aliphatic rings. The SMILES string of the molecule is Cc1c(C(C)(C)C)cc(NC(=O)[C@H]2CSC(C)(C)N2)cc1C(C)(C)C. The lowest BCUT2D eigenvalue weighted by atomic mass is 9.76. The summed E-state index contributed by atoms with van der Waals surface area (Å²) in [5.74, 6) is 0.866. The van der Waals surface area contributed by atoms with Crippen molar-refractivity contribution in [1.29, 1.82) is 0 Å². The molecular weight excluding hydrogens is 328 g/mol. The number of rotatable bonds is 2. The van der Waals surface area contributed by atoms with E-state index in [9.17, 15) is 4.79 Å². The van der Waals surface area contributed by atoms with Gasteiger partial charge in [0.25, 0.3) is 0 Å². The van der Waals surface area contributed by atoms with Gasteiger partial charge in [0, 0.05) is 11.4 Å². The van der Waals surface area contributed by atoms with Crippen LogP contribution in [0.2, 0.25) is 0 Å². The average molecular weight is 363 g/mol. The summed E-state index contributed by atoms with van der Waals surface area (Å²) in [5.41, 5.74) is 4.90. The number of nitrogens with one attached hydrogen (secondary N) is 2. The van der Waals surface area contributed by atoms with Crippen molar-refractivity contribution in [1.82, 2.24) is 5.32 Å². The molecular formula is C21H34N2OS. The number of anilines is 1. The molecule has 0 aromatic heterocycles. The summed E-state index contributed by atoms with van der Waals surface area (Å²) in [7, 11) is 0. The largest absolute Gasteiger partial charge is 0.325 e. The van der Waals surface area contributed by atoms with E-state index in [0.717, 1.165) is 11.4 Å². The third-order valence-corrected chi connectivity index (χ3v) is 6.08. The molecule has 1 saturated heterocycles. The maximum Gasteiger partial charge on any atom is 0.242 e. The van der Waals surface area contributed by atoms with E-state index in [1.807, 2.05) is 0 Å². The van der Waals surface area contributed by atoms with Crippen LogP contribution in [0.5, 0.6) is 0 Å². The first-order chi connectivity index (χ1) is 11.2. The Labute approximate surface area is 157 Å². The molecule has 0 aliphatic carbocycles. The van der Waals surface area contributed by atoms with Gasteiger partial charge in [-0.2, -0.15) is 0 Å². The molecule has 0 bridgehead atoms. The molecule has 3 nitrogen and oxygen atoms in total. The normalized spacial score (nSPS) is 20.6. The van der Waals surface area contributed by atoms with Crippen LogP contribution in [0.3, 0.4) is 0 Å². The summed E-state index contributed by atoms with van der Waals surface area (Å²) in [6.07, 6.45) is 0. The van der Waals surface area contributed by atoms with Crippen molar-refractivity contribution in [2.24, 2.45) is 0 Å². The molecule has 0 radical (unpaired) electrons. The van der Waals surface area contributed by atoms with Crippen molar-refractivity contribution in [2.45, 2.75) is 84.1 Å². The molecule has 0 unspecified atom stereocenters. The predicted molar refractivity (Wildman–Crippen MR) is 111 cm³/mol. The molecule has 1 atom stereocenters. The molecule has 1 aromatic carbocycles. The molecule has 0 saturated carbocycles. The number of carbonyl (C=O) groups is 1. The van der Waals surface area contributed by atoms with Crippen LogP contribution < -0.4 is 10.6 Å². The van der Waals surface area contributed by atoms with Crippen LogP contribution in [0.1, 0.15) is 72.1 Å². The quantitative estimate of drug-likeness (QED) is 0.780. The molecule has 1 aliphatic heterocycles. The fourth-order valence-corrected chi connectivity index (χ4v) is 4.55. The Morgan fingerprint density at radius 3 is 1.96 bits per heavy atom. The minimum atomic E-state index is -0.141. The van der Waals surface area contributed by atoms with Crippen molar-refractivity contribution in [3.05, 3.63) is 28.8 Å². The van der Waals surface area contributed by atoms with Gasteiger partial charge in [0.1, 0.15) is 0 Å². The highest BCUT2D eigenvalue weighted by atomic mass is 32.2. The molecule has 2 rings (SSSR count). The molecule has 25 heavy (non-hydrogen) atoms. The zero-order valence-corrected chi connectivity index (χ0v) is 18.1. The van der Waals surface area contributed by atoms with E-state index in [2.05, 4.69) is 85.1 Å². The topological polar surface area (TPSA) is 41.1 Å². The van der Waals surface area contributed by atoms with Crippen LogP contribution in [0.4, 0.5) is 5.69 Å². The molecule has 1 heterocycles. The summed E-state index contributed by atoms with van der Waals surface area (Å²) in [6, 6.07) is 4.16. The standard InChI is InChI=1S/C21H34N2OS/c1-13-15(19(2,3)4)10-14(11-16(13)20(5,6)7)22-18(24)17-12-25-21(8,9)23-17/h10-11,17,23H,12H2,1-9H3,(H,22,24)/t17-/m1/s1. The highest BCUT2D eigenvalue weighted by molar-refractivity contribution is 8.00. The Balaban J connectivity index is 2.36. The summed E-state index contributed by atoms with van der Waals surface area (Å²) < 4.78 is 0. The lowest BCUT2D eigenvalue weighted by Crippen LogP contribution is -2.44. The van der Waals surface area contributed by atoms with E-state index in [-0.39, 0.29) is 27.6 Å². The highest BCUT2D eigenvalue weighted by Gasteiger charge is 2.35. The van der Waals surface area contributed by atoms with E-state index >= 15 is 0 Å². The first-order valence-corrected chi connectivity index (χ1v) is 10.1. The molecule has 0 spiro atoms. The number of hydrogen-bond donors (Lipinski definition) is 2. The number of thioether (sulfide) groups is 1. The van der Waals surface area contributed by atoms with Gasteiger partial charge < -0.3 is 5.32 Å². The zero-order chi connectivity index (χ0) is 19.2. The monoisotopic (exact) mass is 362 g/mol. The van der Waals surface area contributed by atoms with Gasteiger partial charge in [0.05, 0.1) is 10.9 Å². The molecule has 2 N–H and O–H groups in total. The minimum absolute atomic E-state index is 0.0360. The zero-order valence-electron chi connectivity index (χ0n) is 17.3. The Morgan fingerprint density at radius 1 is 1.12 bits per heavy atom. The molecule has 140 valence electrons. The summed E-state index contributed by atoms with van der Waals surface area (Å²) in [5, 5.41) is 6.56. The average Bonchev–Trinajstić information content (AvgIpc) is 2.78. The molecule has 1 fully saturated rings. The Morgan fingerprint density at radius 2 is 1.60 bits per heavy atom. The lowest BCUT2D eigenvalue weighted by molar-refractivity contribution is -0.117. The maximum absolute atomic E-state index is 12.7. The second kappa shape index (κ2) is 6.62. The lowest BCUT2D eigenvalue weighted by Gasteiger charge is -2.30. The number of carbonyl (C=O) groups excluding carboxylic acids is 1. The van der Waals surface area contributed by atoms with Crippen molar-refractivity contribution in [2.75, 3.05) is 11.1 Å². The van der Waals surface area contributed by atoms with Crippen LogP contribution in [-0.2, 0) is 15.6 Å². The summed E-state index contributed by atoms with van der Waals surface area (Å²) in [4.78, 5) is 12.7. The van der Waals surface area contributed by atoms with Gasteiger partial charge in [-0.05, 0) is 60.4 Å². The van der Waals surface area contributed by atoms with Gasteiger partial charge in [-0.1, -0.05) is 41.5 Å². The molecule has 4 heteroatoms. The van der Waals surface area contributed by atoms with E-state index in [1.54, 1.807) is 11.8 Å². The van der Waals surface area contributed by atoms with Gasteiger partial charge in [-0.15, -0.1) is 11.8 Å². The van der Waals surface area contributed by atoms with Crippen molar-refractivity contribution < 1.29 is 4.79 Å². The highest BCUT2D eigenvalue weighted by Crippen LogP contribution is 2.36. The van der Waals surface area contributed by atoms with E-state index in [4.69, 9.17) is 0 Å². The van der Waals surface area contributed by atoms with Crippen molar-refractivity contribution >= 4 is 23.4 Å². The van der Waals surface area contributed by atoms with Crippen molar-refractivity contribution in [3.63, 3.8) is 0 Å². The first kappa shape index (κ1) is 20.3. The third kappa shape index (κ3) is 4.79. The smallest absolute Gasteiger partial charge is 0.242 e. The summed E-state index contributed by atoms with van der Waals surface area (Å²) in [6.45, 7) is 19.8. The second-order valence-corrected chi connectivity index (χ2v) is 11.3. The van der Waals surface area contributed by atoms with Gasteiger partial charge in [-0.3, -0.25) is 10.1 Å². The van der Waals surface area contributed by atoms with Crippen LogP contribution in [-0.4, -0.2) is 22.6 Å². The van der Waals surface area contributed by atoms with Crippen LogP contribution in [0.25, 0.3) is 0 Å². The summed E-state index contributed by atoms with van der Waals surface area (Å²) >= 11 is 1.79. The van der Waals surface area contributed by atoms with Crippen LogP contribution in [0, 0.1) is 6.92 Å². The fraction of sp³-hybridized carbons (Fsp3) is 0.667. The Bertz CT molecular complexity index is 630. The number of hydrogen-bond acceptors (Lipinski definition) is 3. The minimum Gasteiger partial charge on any atom is -0.325 e. The predicted octanol–water partition coefficient (Wildman–Crippen LogP) is 4.97. The van der Waals surface area contributed by atoms with Crippen molar-refractivity contribution in [3.8, 4) is 0 Å². The van der Waals surface area contributed by atoms with Crippen LogP contribution in [0.15, 0.2) is 12.1 Å². The Hall–Kier alpha value is -1.00. The van der Waals surface area contributed by atoms with Gasteiger partial charge in [-0.25, -0.2) is 0 Å². The van der Waals surface area contributed by atoms with Gasteiger partial charge >= 0.3 is 0 Å². The number of benzene rings is 1. The van der Waals surface area contributed by atoms with Gasteiger partial charge in [0.15, 0.2) is 0 Å². The third-order valence-electron chi connectivity index (χ3n) is 4.74. The maximum atomic E-state index is 12.7. The van der Waals surface area contributed by atoms with Gasteiger partial charge in [0.2, 0.25) is 5.91 Å².